The molecule has 12 heteroatoms. The van der Waals surface area contributed by atoms with Crippen molar-refractivity contribution < 1.29 is 38.1 Å². The van der Waals surface area contributed by atoms with Crippen molar-refractivity contribution in [3.63, 3.8) is 0 Å². The van der Waals surface area contributed by atoms with Crippen molar-refractivity contribution in [3.05, 3.63) is 75.3 Å². The van der Waals surface area contributed by atoms with Crippen molar-refractivity contribution in [2.75, 3.05) is 20.6 Å². The van der Waals surface area contributed by atoms with Crippen LogP contribution < -0.4 is 0 Å². The first-order valence-electron chi connectivity index (χ1n) is 17.7. The zero-order valence-electron chi connectivity index (χ0n) is 33.1. The van der Waals surface area contributed by atoms with Crippen molar-refractivity contribution in [2.45, 2.75) is 131 Å². The average Bonchev–Trinajstić information content (AvgIpc) is 3.42. The number of aromatic nitrogens is 1. The van der Waals surface area contributed by atoms with Crippen LogP contribution in [0, 0.1) is 0 Å². The second-order valence-corrected chi connectivity index (χ2v) is 16.4. The van der Waals surface area contributed by atoms with Crippen molar-refractivity contribution in [1.29, 1.82) is 0 Å². The molecular formula is C40H59N3O8S. The maximum Gasteiger partial charge on any atom is 0.420 e. The first-order valence-corrected chi connectivity index (χ1v) is 18.6. The summed E-state index contributed by atoms with van der Waals surface area (Å²) in [5, 5.41) is 2.69. The van der Waals surface area contributed by atoms with E-state index in [-0.39, 0.29) is 6.42 Å². The molecule has 2 heterocycles. The molecule has 2 amide bonds. The van der Waals surface area contributed by atoms with Gasteiger partial charge in [0.15, 0.2) is 0 Å². The maximum atomic E-state index is 13.8. The fourth-order valence-electron chi connectivity index (χ4n) is 4.97. The number of rotatable bonds is 6. The number of thiazole rings is 1. The summed E-state index contributed by atoms with van der Waals surface area (Å²) in [4.78, 5) is 61.3. The van der Waals surface area contributed by atoms with E-state index in [1.165, 1.54) is 17.4 Å². The summed E-state index contributed by atoms with van der Waals surface area (Å²) in [6, 6.07) is -1.31. The number of aryl methyl sites for hydroxylation is 1. The Kier molecular flexibility index (Phi) is 17.2. The third-order valence-electron chi connectivity index (χ3n) is 7.29. The molecule has 1 aromatic heterocycles. The van der Waals surface area contributed by atoms with Gasteiger partial charge in [-0.2, -0.15) is 4.90 Å². The monoisotopic (exact) mass is 741 g/mol. The second kappa shape index (κ2) is 20.3. The number of amides is 2. The second-order valence-electron chi connectivity index (χ2n) is 15.4. The maximum absolute atomic E-state index is 13.8. The molecule has 2 rings (SSSR count). The highest BCUT2D eigenvalue weighted by atomic mass is 32.1. The van der Waals surface area contributed by atoms with Crippen LogP contribution in [0.3, 0.4) is 0 Å². The van der Waals surface area contributed by atoms with Crippen LogP contribution >= 0.6 is 11.3 Å². The zero-order chi connectivity index (χ0) is 39.2. The van der Waals surface area contributed by atoms with E-state index in [9.17, 15) is 19.2 Å². The smallest absolute Gasteiger partial charge is 0.420 e. The lowest BCUT2D eigenvalue weighted by Gasteiger charge is -2.33. The molecule has 11 nitrogen and oxygen atoms in total. The number of hydrogen-bond acceptors (Lipinski definition) is 11. The number of cyclic esters (lactones) is 2. The van der Waals surface area contributed by atoms with Crippen molar-refractivity contribution in [1.82, 2.24) is 14.8 Å². The molecule has 0 aliphatic carbocycles. The van der Waals surface area contributed by atoms with E-state index < -0.39 is 53.6 Å². The Morgan fingerprint density at radius 1 is 0.981 bits per heavy atom. The van der Waals surface area contributed by atoms with Crippen molar-refractivity contribution >= 4 is 35.5 Å². The SMILES string of the molecule is CC(C=CC(C)=C[C@@H]1Cc2nc(cs2)CCC[C@H](N(C(=O)OC(C)(C)C)C(=O)OC(C)(C)C)C(=O)O[C@@H](C)CC(C)=CC=CC(=O)O1)=CCN(C)C. The molecule has 3 atom stereocenters. The summed E-state index contributed by atoms with van der Waals surface area (Å²) in [6.45, 7) is 18.5. The highest BCUT2D eigenvalue weighted by molar-refractivity contribution is 7.09. The molecule has 2 bridgehead atoms. The van der Waals surface area contributed by atoms with Crippen LogP contribution in [0.2, 0.25) is 0 Å². The van der Waals surface area contributed by atoms with Crippen molar-refractivity contribution in [2.24, 2.45) is 0 Å². The number of esters is 2. The van der Waals surface area contributed by atoms with E-state index in [4.69, 9.17) is 23.9 Å². The van der Waals surface area contributed by atoms with Gasteiger partial charge in [-0.3, -0.25) is 0 Å². The van der Waals surface area contributed by atoms with Crippen LogP contribution in [0.1, 0.15) is 99.2 Å². The minimum Gasteiger partial charge on any atom is -0.461 e. The predicted molar refractivity (Wildman–Crippen MR) is 205 cm³/mol. The Morgan fingerprint density at radius 3 is 2.19 bits per heavy atom. The standard InChI is InChI=1S/C40H59N3O8S/c1-27(21-22-42(11)12)19-20-29(3)24-32-25-34-41-31(26-52-34)16-14-17-33(36(45)48-30(4)23-28(2)15-13-18-35(44)49-32)43(37(46)50-39(5,6)7)38(47)51-40(8,9)10/h13,15,18-21,24,26,30,32-33H,14,16-17,22-23,25H2,1-12H3/t30-,32+,33-/m0/s1. The molecular weight excluding hydrogens is 683 g/mol. The minimum atomic E-state index is -1.31. The van der Waals surface area contributed by atoms with E-state index in [1.807, 2.05) is 58.5 Å². The fourth-order valence-corrected chi connectivity index (χ4v) is 5.84. The topological polar surface area (TPSA) is 125 Å². The Balaban J connectivity index is 2.48. The van der Waals surface area contributed by atoms with E-state index in [0.717, 1.165) is 38.9 Å². The molecule has 1 aliphatic rings. The molecule has 0 spiro atoms. The summed E-state index contributed by atoms with van der Waals surface area (Å²) in [7, 11) is 4.03. The quantitative estimate of drug-likeness (QED) is 0.160. The van der Waals surface area contributed by atoms with E-state index in [0.29, 0.717) is 25.7 Å². The van der Waals surface area contributed by atoms with Gasteiger partial charge in [0.25, 0.3) is 0 Å². The molecule has 0 saturated heterocycles. The summed E-state index contributed by atoms with van der Waals surface area (Å²) in [6.07, 6.45) is 11.3. The highest BCUT2D eigenvalue weighted by Gasteiger charge is 2.41. The van der Waals surface area contributed by atoms with Crippen LogP contribution in [0.4, 0.5) is 9.59 Å². The van der Waals surface area contributed by atoms with Crippen molar-refractivity contribution in [3.8, 4) is 0 Å². The van der Waals surface area contributed by atoms with Gasteiger partial charge in [-0.25, -0.2) is 24.2 Å². The molecule has 0 aromatic carbocycles. The van der Waals surface area contributed by atoms with Gasteiger partial charge in [-0.1, -0.05) is 47.1 Å². The number of fused-ring (bicyclic) bond motifs is 2. The van der Waals surface area contributed by atoms with Gasteiger partial charge in [-0.15, -0.1) is 11.3 Å². The Hall–Kier alpha value is -4.03. The van der Waals surface area contributed by atoms with Crippen LogP contribution in [0.15, 0.2) is 64.6 Å². The van der Waals surface area contributed by atoms with Crippen LogP contribution in [-0.2, 0) is 41.4 Å². The zero-order valence-corrected chi connectivity index (χ0v) is 33.9. The number of nitrogens with zero attached hydrogens (tertiary/aromatic N) is 3. The number of imide groups is 1. The van der Waals surface area contributed by atoms with Gasteiger partial charge in [0, 0.05) is 30.8 Å². The summed E-state index contributed by atoms with van der Waals surface area (Å²) < 4.78 is 22.8. The Labute approximate surface area is 314 Å². The van der Waals surface area contributed by atoms with Crippen LogP contribution in [0.5, 0.6) is 0 Å². The van der Waals surface area contributed by atoms with Gasteiger partial charge in [0.2, 0.25) is 0 Å². The molecule has 1 aromatic rings. The summed E-state index contributed by atoms with van der Waals surface area (Å²) >= 11 is 1.45. The summed E-state index contributed by atoms with van der Waals surface area (Å²) in [5.74, 6) is -1.25. The number of ether oxygens (including phenoxy) is 4. The Bertz CT molecular complexity index is 1510. The molecule has 0 N–H and O–H groups in total. The number of likely N-dealkylation sites (N-methyl/N-ethyl adjacent to an activating group) is 1. The van der Waals surface area contributed by atoms with Gasteiger partial charge >= 0.3 is 24.1 Å². The number of carbonyl (C=O) groups is 4. The molecule has 0 unspecified atom stereocenters. The van der Waals surface area contributed by atoms with Gasteiger partial charge in [-0.05, 0) is 109 Å². The number of allylic oxidation sites excluding steroid dienone is 6. The summed E-state index contributed by atoms with van der Waals surface area (Å²) in [5.41, 5.74) is 1.78. The van der Waals surface area contributed by atoms with E-state index >= 15 is 0 Å². The number of carbonyl (C=O) groups excluding carboxylic acids is 4. The third-order valence-corrected chi connectivity index (χ3v) is 8.21. The average molecular weight is 742 g/mol. The molecule has 1 aliphatic heterocycles. The molecule has 52 heavy (non-hydrogen) atoms. The molecule has 288 valence electrons. The van der Waals surface area contributed by atoms with Crippen LogP contribution in [-0.4, -0.2) is 89.0 Å². The van der Waals surface area contributed by atoms with E-state index in [2.05, 4.69) is 11.0 Å². The first kappa shape index (κ1) is 44.1. The lowest BCUT2D eigenvalue weighted by atomic mass is 10.1. The van der Waals surface area contributed by atoms with Gasteiger partial charge in [0.05, 0.1) is 10.7 Å². The number of hydrogen-bond donors (Lipinski definition) is 0. The Morgan fingerprint density at radius 2 is 1.60 bits per heavy atom. The minimum absolute atomic E-state index is 0.0887. The largest absolute Gasteiger partial charge is 0.461 e. The van der Waals surface area contributed by atoms with Gasteiger partial charge < -0.3 is 23.8 Å². The molecule has 0 radical (unpaired) electrons. The first-order chi connectivity index (χ1) is 24.1. The predicted octanol–water partition coefficient (Wildman–Crippen LogP) is 8.31. The highest BCUT2D eigenvalue weighted by Crippen LogP contribution is 2.23. The lowest BCUT2D eigenvalue weighted by molar-refractivity contribution is -0.154. The molecule has 0 fully saturated rings. The van der Waals surface area contributed by atoms with Gasteiger partial charge in [0.1, 0.15) is 29.5 Å². The molecule has 0 saturated carbocycles. The fraction of sp³-hybridized carbons (Fsp3) is 0.575. The lowest BCUT2D eigenvalue weighted by Crippen LogP contribution is -2.52. The van der Waals surface area contributed by atoms with E-state index in [1.54, 1.807) is 60.6 Å². The normalized spacial score (nSPS) is 20.7. The van der Waals surface area contributed by atoms with Crippen LogP contribution in [0.25, 0.3) is 0 Å². The third kappa shape index (κ3) is 17.5.